The smallest absolute Gasteiger partial charge is 0.418 e. The molecule has 3 aromatic heterocycles. The molecule has 0 saturated carbocycles. The van der Waals surface area contributed by atoms with Crippen LogP contribution >= 0.6 is 11.6 Å². The third kappa shape index (κ3) is 8.01. The summed E-state index contributed by atoms with van der Waals surface area (Å²) in [6.07, 6.45) is 0.472. The summed E-state index contributed by atoms with van der Waals surface area (Å²) in [5.41, 5.74) is 2.88. The molecule has 281 valence electrons. The highest BCUT2D eigenvalue weighted by atomic mass is 35.5. The monoisotopic (exact) mass is 786 g/mol. The Hall–Kier alpha value is -5.09. The van der Waals surface area contributed by atoms with Gasteiger partial charge in [0.25, 0.3) is 5.91 Å². The number of anilines is 1. The highest BCUT2D eigenvalue weighted by Gasteiger charge is 2.34. The first-order valence-corrected chi connectivity index (χ1v) is 18.6. The van der Waals surface area contributed by atoms with Crippen LogP contribution in [0, 0.1) is 5.82 Å². The van der Waals surface area contributed by atoms with Crippen molar-refractivity contribution in [1.29, 1.82) is 0 Å². The average Bonchev–Trinajstić information content (AvgIpc) is 3.74. The number of hydrogen-bond donors (Lipinski definition) is 2. The highest BCUT2D eigenvalue weighted by Crippen LogP contribution is 2.35. The van der Waals surface area contributed by atoms with Gasteiger partial charge in [0.2, 0.25) is 5.88 Å². The summed E-state index contributed by atoms with van der Waals surface area (Å²) in [6.45, 7) is 3.26. The van der Waals surface area contributed by atoms with Gasteiger partial charge in [0.1, 0.15) is 18.2 Å². The maximum Gasteiger partial charge on any atom is 0.418 e. The molecule has 8 rings (SSSR count). The van der Waals surface area contributed by atoms with E-state index in [9.17, 15) is 22.4 Å². The second-order valence-corrected chi connectivity index (χ2v) is 14.7. The highest BCUT2D eigenvalue weighted by molar-refractivity contribution is 6.30. The maximum atomic E-state index is 14.3. The second-order valence-electron chi connectivity index (χ2n) is 13.6. The number of nitrogens with one attached hydrogen (secondary N) is 2. The minimum absolute atomic E-state index is 0.0221. The van der Waals surface area contributed by atoms with Crippen LogP contribution in [0.15, 0.2) is 79.0 Å². The molecule has 3 aromatic carbocycles. The van der Waals surface area contributed by atoms with Crippen molar-refractivity contribution in [2.24, 2.45) is 0 Å². The van der Waals surface area contributed by atoms with E-state index in [1.165, 1.54) is 18.3 Å². The zero-order valence-corrected chi connectivity index (χ0v) is 30.9. The number of imidazole rings is 1. The Bertz CT molecular complexity index is 2430. The Kier molecular flexibility index (Phi) is 10.2. The van der Waals surface area contributed by atoms with E-state index in [0.717, 1.165) is 54.7 Å². The van der Waals surface area contributed by atoms with Crippen LogP contribution in [-0.4, -0.2) is 71.6 Å². The van der Waals surface area contributed by atoms with Crippen molar-refractivity contribution in [3.63, 3.8) is 0 Å². The van der Waals surface area contributed by atoms with Crippen molar-refractivity contribution in [2.75, 3.05) is 25.0 Å². The number of halogens is 5. The zero-order valence-electron chi connectivity index (χ0n) is 29.2. The van der Waals surface area contributed by atoms with E-state index in [0.29, 0.717) is 47.3 Å². The molecule has 55 heavy (non-hydrogen) atoms. The van der Waals surface area contributed by atoms with E-state index in [1.54, 1.807) is 30.3 Å². The predicted octanol–water partition coefficient (Wildman–Crippen LogP) is 7.99. The molecule has 0 aliphatic carbocycles. The number of pyridine rings is 1. The summed E-state index contributed by atoms with van der Waals surface area (Å²) in [5.74, 6) is 0.0891. The second kappa shape index (κ2) is 15.2. The fourth-order valence-electron chi connectivity index (χ4n) is 6.83. The van der Waals surface area contributed by atoms with Crippen LogP contribution in [0.4, 0.5) is 23.2 Å². The molecule has 2 aliphatic heterocycles. The van der Waals surface area contributed by atoms with E-state index in [-0.39, 0.29) is 34.7 Å². The van der Waals surface area contributed by atoms with Crippen LogP contribution in [-0.2, 0) is 30.6 Å². The molecule has 1 amide bonds. The van der Waals surface area contributed by atoms with Crippen LogP contribution in [0.5, 0.6) is 5.88 Å². The summed E-state index contributed by atoms with van der Waals surface area (Å²) in [7, 11) is 3.88. The molecule has 10 nitrogen and oxygen atoms in total. The fourth-order valence-corrected chi connectivity index (χ4v) is 7.44. The molecule has 3 radical (unpaired) electrons. The number of ether oxygens (including phenoxy) is 2. The van der Waals surface area contributed by atoms with Crippen molar-refractivity contribution < 1.29 is 31.8 Å². The number of rotatable bonds is 11. The van der Waals surface area contributed by atoms with Crippen LogP contribution in [0.1, 0.15) is 45.8 Å². The Morgan fingerprint density at radius 3 is 2.73 bits per heavy atom. The first-order chi connectivity index (χ1) is 26.5. The number of nitrogens with zero attached hydrogens (tertiary/aromatic N) is 5. The summed E-state index contributed by atoms with van der Waals surface area (Å²) in [6, 6.07) is 17.5. The SMILES string of the molecule is O=C(Nc1ccc2c(c1)nc(CN1CC=C(c3cccc(OCc4ccc(Cl)cc4F)n3)CC1)n2C[C@H]([Si])C1CCO1)c1cc(C(F)(F)F)c2[nH]ncc2c1. The summed E-state index contributed by atoms with van der Waals surface area (Å²) in [4.78, 5) is 25.2. The van der Waals surface area contributed by atoms with Gasteiger partial charge in [-0.15, -0.1) is 0 Å². The van der Waals surface area contributed by atoms with Gasteiger partial charge in [-0.2, -0.15) is 18.3 Å². The standard InChI is InChI=1S/C39H33ClF4N7O3Si/c40-26-5-4-23(29(41)16-26)21-54-36-3-1-2-30(48-36)22-8-11-50(12-9-22)20-35-47-31-17-27(6-7-32(31)51(35)19-34(55)33-10-13-53-33)46-38(52)24-14-25-18-45-49-37(25)28(15-24)39(42,43)44/h1-8,14-18,33-34H,9-13,19-21H2,(H,45,49)(H,46,52)/t33?,34-/m0/s1. The van der Waals surface area contributed by atoms with Crippen molar-refractivity contribution >= 4 is 60.9 Å². The molecule has 1 saturated heterocycles. The van der Waals surface area contributed by atoms with Crippen molar-refractivity contribution in [3.05, 3.63) is 118 Å². The lowest BCUT2D eigenvalue weighted by molar-refractivity contribution is -0.136. The van der Waals surface area contributed by atoms with Gasteiger partial charge in [0, 0.05) is 69.8 Å². The third-order valence-electron chi connectivity index (χ3n) is 9.87. The molecule has 1 fully saturated rings. The first-order valence-electron chi connectivity index (χ1n) is 17.6. The average molecular weight is 787 g/mol. The fraction of sp³-hybridized carbons (Fsp3) is 0.282. The van der Waals surface area contributed by atoms with Gasteiger partial charge < -0.3 is 19.4 Å². The Morgan fingerprint density at radius 1 is 1.13 bits per heavy atom. The number of fused-ring (bicyclic) bond motifs is 2. The Morgan fingerprint density at radius 2 is 1.98 bits per heavy atom. The molecule has 0 spiro atoms. The quantitative estimate of drug-likeness (QED) is 0.101. The van der Waals surface area contributed by atoms with Crippen molar-refractivity contribution in [1.82, 2.24) is 29.6 Å². The van der Waals surface area contributed by atoms with E-state index >= 15 is 0 Å². The lowest BCUT2D eigenvalue weighted by atomic mass is 10.0. The Balaban J connectivity index is 0.990. The Labute approximate surface area is 320 Å². The molecule has 1 unspecified atom stereocenters. The molecule has 16 heteroatoms. The zero-order chi connectivity index (χ0) is 38.3. The van der Waals surface area contributed by atoms with E-state index in [4.69, 9.17) is 26.1 Å². The van der Waals surface area contributed by atoms with Gasteiger partial charge in [-0.05, 0) is 72.5 Å². The number of aromatic nitrogens is 5. The summed E-state index contributed by atoms with van der Waals surface area (Å²) < 4.78 is 69.3. The molecule has 2 aliphatic rings. The van der Waals surface area contributed by atoms with Crippen LogP contribution < -0.4 is 10.1 Å². The molecule has 2 atom stereocenters. The van der Waals surface area contributed by atoms with E-state index in [2.05, 4.69) is 46.3 Å². The molecule has 6 aromatic rings. The lowest BCUT2D eigenvalue weighted by Crippen LogP contribution is -2.34. The number of benzene rings is 3. The predicted molar refractivity (Wildman–Crippen MR) is 200 cm³/mol. The van der Waals surface area contributed by atoms with Crippen LogP contribution in [0.25, 0.3) is 27.5 Å². The molecular weight excluding hydrogens is 754 g/mol. The lowest BCUT2D eigenvalue weighted by Gasteiger charge is -2.33. The van der Waals surface area contributed by atoms with Gasteiger partial charge in [-0.1, -0.05) is 29.8 Å². The van der Waals surface area contributed by atoms with Gasteiger partial charge >= 0.3 is 6.18 Å². The van der Waals surface area contributed by atoms with Crippen LogP contribution in [0.2, 0.25) is 10.6 Å². The molecule has 2 N–H and O–H groups in total. The molecular formula is C39H33ClF4N7O3Si. The topological polar surface area (TPSA) is 110 Å². The molecule has 0 bridgehead atoms. The number of carbonyl (C=O) groups excluding carboxylic acids is 1. The van der Waals surface area contributed by atoms with Gasteiger partial charge in [0.05, 0.1) is 46.7 Å². The number of amides is 1. The number of carbonyl (C=O) groups is 1. The van der Waals surface area contributed by atoms with E-state index in [1.807, 2.05) is 18.2 Å². The number of hydrogen-bond acceptors (Lipinski definition) is 7. The summed E-state index contributed by atoms with van der Waals surface area (Å²) >= 11 is 5.87. The molecule has 5 heterocycles. The number of alkyl halides is 3. The first kappa shape index (κ1) is 36.9. The van der Waals surface area contributed by atoms with Gasteiger partial charge in [-0.25, -0.2) is 14.4 Å². The number of H-pyrrole nitrogens is 1. The summed E-state index contributed by atoms with van der Waals surface area (Å²) in [5, 5.41) is 9.34. The van der Waals surface area contributed by atoms with E-state index < -0.39 is 23.5 Å². The number of aromatic amines is 1. The van der Waals surface area contributed by atoms with Gasteiger partial charge in [-0.3, -0.25) is 14.8 Å². The largest absolute Gasteiger partial charge is 0.473 e. The van der Waals surface area contributed by atoms with Crippen molar-refractivity contribution in [2.45, 2.75) is 50.4 Å². The third-order valence-corrected chi connectivity index (χ3v) is 10.7. The minimum atomic E-state index is -4.68. The van der Waals surface area contributed by atoms with Gasteiger partial charge in [0.15, 0.2) is 0 Å². The van der Waals surface area contributed by atoms with Crippen molar-refractivity contribution in [3.8, 4) is 5.88 Å². The van der Waals surface area contributed by atoms with Crippen LogP contribution in [0.3, 0.4) is 0 Å². The normalized spacial score (nSPS) is 16.9. The minimum Gasteiger partial charge on any atom is -0.473 e. The maximum absolute atomic E-state index is 14.3.